The van der Waals surface area contributed by atoms with E-state index in [9.17, 15) is 4.79 Å². The number of benzene rings is 1. The van der Waals surface area contributed by atoms with Gasteiger partial charge in [0.2, 0.25) is 5.91 Å². The summed E-state index contributed by atoms with van der Waals surface area (Å²) in [7, 11) is 1.65. The van der Waals surface area contributed by atoms with E-state index in [0.717, 1.165) is 49.4 Å². The number of carbonyl (C=O) groups excluding carboxylic acids is 1. The quantitative estimate of drug-likeness (QED) is 0.759. The molecule has 0 aromatic heterocycles. The Hall–Kier alpha value is -1.50. The number of amides is 1. The fourth-order valence-electron chi connectivity index (χ4n) is 3.49. The maximum Gasteiger partial charge on any atom is 0.229 e. The number of nitrogens with two attached hydrogens (primary N) is 1. The zero-order valence-corrected chi connectivity index (χ0v) is 16.1. The van der Waals surface area contributed by atoms with Crippen molar-refractivity contribution in [3.63, 3.8) is 0 Å². The largest absolute Gasteiger partial charge is 0.497 e. The van der Waals surface area contributed by atoms with Crippen molar-refractivity contribution in [2.75, 3.05) is 40.0 Å². The monoisotopic (exact) mass is 384 g/mol. The van der Waals surface area contributed by atoms with Crippen LogP contribution in [-0.2, 0) is 16.0 Å². The molecule has 1 aromatic rings. The van der Waals surface area contributed by atoms with Crippen molar-refractivity contribution in [3.05, 3.63) is 23.8 Å². The third-order valence-electron chi connectivity index (χ3n) is 4.98. The minimum absolute atomic E-state index is 0. The Labute approximate surface area is 161 Å². The number of likely N-dealkylation sites (tertiary alicyclic amines) is 1. The van der Waals surface area contributed by atoms with Crippen LogP contribution in [0.5, 0.6) is 11.5 Å². The molecule has 26 heavy (non-hydrogen) atoms. The van der Waals surface area contributed by atoms with E-state index in [4.69, 9.17) is 19.9 Å². The van der Waals surface area contributed by atoms with E-state index < -0.39 is 0 Å². The molecule has 2 heterocycles. The van der Waals surface area contributed by atoms with Crippen molar-refractivity contribution >= 4 is 18.3 Å². The lowest BCUT2D eigenvalue weighted by Gasteiger charge is -2.35. The number of hydrogen-bond acceptors (Lipinski definition) is 5. The molecule has 0 spiro atoms. The molecule has 1 amide bonds. The van der Waals surface area contributed by atoms with Crippen molar-refractivity contribution in [1.29, 1.82) is 0 Å². The standard InChI is InChI=1S/C19H28N2O4.ClH/c1-23-17-3-4-18-14(12-17)11-15(13-25-18)19(22)21-8-5-16(6-9-21)24-10-2-7-20;/h3-4,12,15-16H,2,5-11,13,20H2,1H3;1H. The lowest BCUT2D eigenvalue weighted by Crippen LogP contribution is -2.46. The SMILES string of the molecule is COc1ccc2c(c1)CC(C(=O)N1CCC(OCCCN)CC1)CO2.Cl. The molecule has 2 aliphatic rings. The third kappa shape index (κ3) is 5.02. The minimum Gasteiger partial charge on any atom is -0.497 e. The molecule has 3 rings (SSSR count). The summed E-state index contributed by atoms with van der Waals surface area (Å²) in [5, 5.41) is 0. The van der Waals surface area contributed by atoms with E-state index in [-0.39, 0.29) is 30.3 Å². The zero-order chi connectivity index (χ0) is 17.6. The van der Waals surface area contributed by atoms with E-state index in [1.807, 2.05) is 23.1 Å². The van der Waals surface area contributed by atoms with Crippen LogP contribution >= 0.6 is 12.4 Å². The molecule has 6 nitrogen and oxygen atoms in total. The lowest BCUT2D eigenvalue weighted by molar-refractivity contribution is -0.139. The molecule has 1 aromatic carbocycles. The average molecular weight is 385 g/mol. The molecule has 146 valence electrons. The minimum atomic E-state index is -0.116. The number of halogens is 1. The summed E-state index contributed by atoms with van der Waals surface area (Å²) in [6.45, 7) is 3.34. The van der Waals surface area contributed by atoms with Crippen LogP contribution in [0.1, 0.15) is 24.8 Å². The van der Waals surface area contributed by atoms with E-state index in [0.29, 0.717) is 26.2 Å². The van der Waals surface area contributed by atoms with Gasteiger partial charge in [-0.2, -0.15) is 0 Å². The molecule has 0 saturated carbocycles. The van der Waals surface area contributed by atoms with Crippen LogP contribution in [0.4, 0.5) is 0 Å². The Kier molecular flexibility index (Phi) is 8.00. The van der Waals surface area contributed by atoms with Gasteiger partial charge in [-0.25, -0.2) is 0 Å². The number of nitrogens with zero attached hydrogens (tertiary/aromatic N) is 1. The number of rotatable bonds is 6. The molecule has 1 saturated heterocycles. The summed E-state index contributed by atoms with van der Waals surface area (Å²) in [5.41, 5.74) is 6.53. The van der Waals surface area contributed by atoms with Crippen LogP contribution in [0.25, 0.3) is 0 Å². The Balaban J connectivity index is 0.00000243. The van der Waals surface area contributed by atoms with Gasteiger partial charge < -0.3 is 24.8 Å². The predicted molar refractivity (Wildman–Crippen MR) is 102 cm³/mol. The topological polar surface area (TPSA) is 74.0 Å². The molecular formula is C19H29ClN2O4. The predicted octanol–water partition coefficient (Wildman–Crippen LogP) is 2.02. The fraction of sp³-hybridized carbons (Fsp3) is 0.632. The summed E-state index contributed by atoms with van der Waals surface area (Å²) in [6.07, 6.45) is 3.64. The fourth-order valence-corrected chi connectivity index (χ4v) is 3.49. The molecule has 7 heteroatoms. The molecule has 1 atom stereocenters. The van der Waals surface area contributed by atoms with Crippen molar-refractivity contribution in [1.82, 2.24) is 4.90 Å². The summed E-state index contributed by atoms with van der Waals surface area (Å²) < 4.78 is 16.9. The first-order valence-electron chi connectivity index (χ1n) is 9.11. The van der Waals surface area contributed by atoms with Crippen LogP contribution in [0.3, 0.4) is 0 Å². The van der Waals surface area contributed by atoms with Gasteiger partial charge in [-0.05, 0) is 56.0 Å². The first kappa shape index (κ1) is 20.8. The van der Waals surface area contributed by atoms with Crippen LogP contribution < -0.4 is 15.2 Å². The molecule has 0 bridgehead atoms. The summed E-state index contributed by atoms with van der Waals surface area (Å²) in [5.74, 6) is 1.73. The molecular weight excluding hydrogens is 356 g/mol. The highest BCUT2D eigenvalue weighted by Gasteiger charge is 2.32. The number of fused-ring (bicyclic) bond motifs is 1. The molecule has 1 fully saturated rings. The molecule has 0 aliphatic carbocycles. The molecule has 1 unspecified atom stereocenters. The lowest BCUT2D eigenvalue weighted by atomic mass is 9.94. The van der Waals surface area contributed by atoms with Crippen LogP contribution in [0, 0.1) is 5.92 Å². The van der Waals surface area contributed by atoms with Gasteiger partial charge in [-0.15, -0.1) is 12.4 Å². The smallest absolute Gasteiger partial charge is 0.229 e. The summed E-state index contributed by atoms with van der Waals surface area (Å²) >= 11 is 0. The van der Waals surface area contributed by atoms with Crippen molar-refractivity contribution in [3.8, 4) is 11.5 Å². The Morgan fingerprint density at radius 3 is 2.81 bits per heavy atom. The highest BCUT2D eigenvalue weighted by molar-refractivity contribution is 5.85. The Morgan fingerprint density at radius 1 is 1.35 bits per heavy atom. The second-order valence-electron chi connectivity index (χ2n) is 6.72. The average Bonchev–Trinajstić information content (AvgIpc) is 2.67. The van der Waals surface area contributed by atoms with Gasteiger partial charge in [-0.1, -0.05) is 0 Å². The van der Waals surface area contributed by atoms with Crippen molar-refractivity contribution in [2.45, 2.75) is 31.8 Å². The van der Waals surface area contributed by atoms with Gasteiger partial charge >= 0.3 is 0 Å². The number of piperidine rings is 1. The number of hydrogen-bond donors (Lipinski definition) is 1. The molecule has 0 radical (unpaired) electrons. The van der Waals surface area contributed by atoms with Crippen LogP contribution in [-0.4, -0.2) is 56.9 Å². The first-order chi connectivity index (χ1) is 12.2. The van der Waals surface area contributed by atoms with Gasteiger partial charge in [0.1, 0.15) is 18.1 Å². The van der Waals surface area contributed by atoms with Gasteiger partial charge in [0.05, 0.1) is 19.1 Å². The maximum absolute atomic E-state index is 12.8. The molecule has 2 aliphatic heterocycles. The van der Waals surface area contributed by atoms with Crippen molar-refractivity contribution in [2.24, 2.45) is 11.7 Å². The second kappa shape index (κ2) is 10.00. The van der Waals surface area contributed by atoms with Gasteiger partial charge in [0.15, 0.2) is 0 Å². The van der Waals surface area contributed by atoms with E-state index in [1.165, 1.54) is 0 Å². The number of carbonyl (C=O) groups is 1. The Morgan fingerprint density at radius 2 is 2.12 bits per heavy atom. The maximum atomic E-state index is 12.8. The summed E-state index contributed by atoms with van der Waals surface area (Å²) in [4.78, 5) is 14.8. The van der Waals surface area contributed by atoms with Gasteiger partial charge in [0.25, 0.3) is 0 Å². The van der Waals surface area contributed by atoms with Gasteiger partial charge in [0, 0.05) is 19.7 Å². The van der Waals surface area contributed by atoms with Crippen LogP contribution in [0.2, 0.25) is 0 Å². The molecule has 2 N–H and O–H groups in total. The van der Waals surface area contributed by atoms with Gasteiger partial charge in [-0.3, -0.25) is 4.79 Å². The van der Waals surface area contributed by atoms with Crippen LogP contribution in [0.15, 0.2) is 18.2 Å². The van der Waals surface area contributed by atoms with Crippen molar-refractivity contribution < 1.29 is 19.0 Å². The third-order valence-corrected chi connectivity index (χ3v) is 4.98. The van der Waals surface area contributed by atoms with E-state index in [2.05, 4.69) is 0 Å². The highest BCUT2D eigenvalue weighted by Crippen LogP contribution is 2.31. The first-order valence-corrected chi connectivity index (χ1v) is 9.11. The van der Waals surface area contributed by atoms with E-state index in [1.54, 1.807) is 7.11 Å². The Bertz CT molecular complexity index is 591. The number of ether oxygens (including phenoxy) is 3. The summed E-state index contributed by atoms with van der Waals surface area (Å²) in [6, 6.07) is 5.77. The second-order valence-corrected chi connectivity index (χ2v) is 6.72. The zero-order valence-electron chi connectivity index (χ0n) is 15.3. The number of methoxy groups -OCH3 is 1. The highest BCUT2D eigenvalue weighted by atomic mass is 35.5. The normalized spacial score (nSPS) is 19.9. The van der Waals surface area contributed by atoms with E-state index >= 15 is 0 Å².